The van der Waals surface area contributed by atoms with Gasteiger partial charge in [0.15, 0.2) is 0 Å². The normalized spacial score (nSPS) is 20.3. The minimum atomic E-state index is -3.72. The molecular formula is C34H46N4O8S2. The lowest BCUT2D eigenvalue weighted by Gasteiger charge is -2.35. The predicted molar refractivity (Wildman–Crippen MR) is 187 cm³/mol. The van der Waals surface area contributed by atoms with Crippen LogP contribution in [-0.4, -0.2) is 93.4 Å². The average Bonchev–Trinajstić information content (AvgIpc) is 3.62. The lowest BCUT2D eigenvalue weighted by molar-refractivity contribution is -0.00832. The fraction of sp³-hybridized carbons (Fsp3) is 0.471. The zero-order valence-corrected chi connectivity index (χ0v) is 29.7. The van der Waals surface area contributed by atoms with Gasteiger partial charge in [-0.05, 0) is 87.0 Å². The van der Waals surface area contributed by atoms with Crippen molar-refractivity contribution in [2.75, 3.05) is 51.1 Å². The molecule has 14 heteroatoms. The lowest BCUT2D eigenvalue weighted by Crippen LogP contribution is -2.48. The van der Waals surface area contributed by atoms with Crippen molar-refractivity contribution < 1.29 is 37.3 Å². The van der Waals surface area contributed by atoms with Gasteiger partial charge in [0.25, 0.3) is 15.9 Å². The molecule has 0 unspecified atom stereocenters. The van der Waals surface area contributed by atoms with Gasteiger partial charge in [-0.15, -0.1) is 11.3 Å². The molecule has 2 heterocycles. The van der Waals surface area contributed by atoms with Crippen molar-refractivity contribution in [1.82, 2.24) is 9.21 Å². The van der Waals surface area contributed by atoms with Gasteiger partial charge in [0.2, 0.25) is 0 Å². The second-order valence-electron chi connectivity index (χ2n) is 12.0. The SMILES string of the molecule is COc1ccc(NC(=O)Nc2ccc3c(c2)C(=O)N([C@H](C)CO)C[C@@H](C)[C@H](CN(C)S(=O)(=O)c2cccs2)OCCCC[C@H](C)O3)cc1. The average molecular weight is 703 g/mol. The number of nitrogens with one attached hydrogen (secondary N) is 2. The molecule has 12 nitrogen and oxygen atoms in total. The highest BCUT2D eigenvalue weighted by atomic mass is 32.2. The summed E-state index contributed by atoms with van der Waals surface area (Å²) in [5.74, 6) is 0.305. The highest BCUT2D eigenvalue weighted by Gasteiger charge is 2.32. The Hall–Kier alpha value is -3.69. The van der Waals surface area contributed by atoms with Crippen LogP contribution in [-0.2, 0) is 14.8 Å². The van der Waals surface area contributed by atoms with Crippen LogP contribution in [0, 0.1) is 5.92 Å². The molecule has 0 bridgehead atoms. The number of likely N-dealkylation sites (N-methyl/N-ethyl adjacent to an activating group) is 1. The number of hydrogen-bond acceptors (Lipinski definition) is 9. The quantitative estimate of drug-likeness (QED) is 0.264. The van der Waals surface area contributed by atoms with Crippen LogP contribution in [0.2, 0.25) is 0 Å². The third-order valence-corrected chi connectivity index (χ3v) is 11.5. The van der Waals surface area contributed by atoms with Gasteiger partial charge in [0.1, 0.15) is 15.7 Å². The van der Waals surface area contributed by atoms with Crippen LogP contribution < -0.4 is 20.1 Å². The Labute approximate surface area is 287 Å². The van der Waals surface area contributed by atoms with Crippen LogP contribution in [0.1, 0.15) is 50.4 Å². The fourth-order valence-electron chi connectivity index (χ4n) is 5.35. The maximum atomic E-state index is 14.3. The van der Waals surface area contributed by atoms with Crippen molar-refractivity contribution in [3.05, 3.63) is 65.5 Å². The second-order valence-corrected chi connectivity index (χ2v) is 15.3. The molecule has 1 aromatic heterocycles. The molecule has 1 aliphatic rings. The summed E-state index contributed by atoms with van der Waals surface area (Å²) in [5, 5.41) is 17.5. The van der Waals surface area contributed by atoms with Gasteiger partial charge in [0.05, 0.1) is 37.5 Å². The molecule has 0 saturated heterocycles. The number of rotatable bonds is 9. The molecule has 4 rings (SSSR count). The molecule has 4 atom stereocenters. The van der Waals surface area contributed by atoms with Gasteiger partial charge in [-0.25, -0.2) is 13.2 Å². The van der Waals surface area contributed by atoms with Crippen LogP contribution in [0.5, 0.6) is 11.5 Å². The number of aliphatic hydroxyl groups excluding tert-OH is 1. The highest BCUT2D eigenvalue weighted by molar-refractivity contribution is 7.91. The Kier molecular flexibility index (Phi) is 13.2. The van der Waals surface area contributed by atoms with Crippen molar-refractivity contribution >= 4 is 44.7 Å². The number of sulfonamides is 1. The van der Waals surface area contributed by atoms with E-state index in [2.05, 4.69) is 10.6 Å². The molecule has 1 aliphatic heterocycles. The standard InChI is InChI=1S/C34H46N4O8S2/c1-23-20-38(24(2)22-39)33(40)29-19-27(36-34(41)35-26-11-14-28(44-5)15-12-26)13-16-30(29)46-25(3)9-6-7-17-45-31(23)21-37(4)48(42,43)32-10-8-18-47-32/h8,10-16,18-19,23-25,31,39H,6-7,9,17,20-22H2,1-5H3,(H2,35,36,41)/t23-,24-,25+,31+/m1/s1. The molecule has 2 aromatic carbocycles. The molecule has 0 fully saturated rings. The molecule has 48 heavy (non-hydrogen) atoms. The molecule has 0 spiro atoms. The Morgan fingerprint density at radius 2 is 1.83 bits per heavy atom. The molecule has 3 N–H and O–H groups in total. The van der Waals surface area contributed by atoms with Gasteiger partial charge in [-0.3, -0.25) is 4.79 Å². The van der Waals surface area contributed by atoms with Gasteiger partial charge in [-0.1, -0.05) is 13.0 Å². The van der Waals surface area contributed by atoms with Gasteiger partial charge < -0.3 is 34.9 Å². The van der Waals surface area contributed by atoms with Crippen LogP contribution in [0.25, 0.3) is 0 Å². The largest absolute Gasteiger partial charge is 0.497 e. The molecule has 0 radical (unpaired) electrons. The van der Waals surface area contributed by atoms with Crippen molar-refractivity contribution in [2.45, 2.75) is 62.5 Å². The second kappa shape index (κ2) is 17.1. The molecule has 0 aliphatic carbocycles. The number of anilines is 2. The smallest absolute Gasteiger partial charge is 0.323 e. The number of benzene rings is 2. The van der Waals surface area contributed by atoms with E-state index in [4.69, 9.17) is 14.2 Å². The third kappa shape index (κ3) is 9.69. The number of methoxy groups -OCH3 is 1. The number of ether oxygens (including phenoxy) is 3. The maximum absolute atomic E-state index is 14.3. The number of nitrogens with zero attached hydrogens (tertiary/aromatic N) is 2. The van der Waals surface area contributed by atoms with Crippen molar-refractivity contribution in [2.24, 2.45) is 5.92 Å². The number of fused-ring (bicyclic) bond motifs is 1. The van der Waals surface area contributed by atoms with Gasteiger partial charge in [-0.2, -0.15) is 4.31 Å². The van der Waals surface area contributed by atoms with Crippen molar-refractivity contribution in [1.29, 1.82) is 0 Å². The number of thiophene rings is 1. The van der Waals surface area contributed by atoms with E-state index in [0.29, 0.717) is 35.9 Å². The Bertz CT molecular complexity index is 1600. The molecule has 0 saturated carbocycles. The Balaban J connectivity index is 1.61. The highest BCUT2D eigenvalue weighted by Crippen LogP contribution is 2.29. The maximum Gasteiger partial charge on any atom is 0.323 e. The lowest BCUT2D eigenvalue weighted by atomic mass is 10.0. The Morgan fingerprint density at radius 1 is 1.12 bits per heavy atom. The predicted octanol–water partition coefficient (Wildman–Crippen LogP) is 5.52. The summed E-state index contributed by atoms with van der Waals surface area (Å²) in [5.41, 5.74) is 1.16. The summed E-state index contributed by atoms with van der Waals surface area (Å²) in [6.45, 7) is 5.96. The van der Waals surface area contributed by atoms with E-state index in [1.165, 1.54) is 11.4 Å². The summed E-state index contributed by atoms with van der Waals surface area (Å²) in [7, 11) is -0.628. The summed E-state index contributed by atoms with van der Waals surface area (Å²) in [4.78, 5) is 28.8. The molecule has 3 amide bonds. The monoisotopic (exact) mass is 702 g/mol. The van der Waals surface area contributed by atoms with Gasteiger partial charge >= 0.3 is 6.03 Å². The first-order chi connectivity index (χ1) is 22.9. The summed E-state index contributed by atoms with van der Waals surface area (Å²) < 4.78 is 45.8. The first kappa shape index (κ1) is 37.1. The van der Waals surface area contributed by atoms with Crippen LogP contribution in [0.15, 0.2) is 64.2 Å². The van der Waals surface area contributed by atoms with E-state index in [9.17, 15) is 23.1 Å². The summed E-state index contributed by atoms with van der Waals surface area (Å²) in [6, 6.07) is 14.0. The van der Waals surface area contributed by atoms with Crippen LogP contribution >= 0.6 is 11.3 Å². The number of aliphatic hydroxyl groups is 1. The fourth-order valence-corrected chi connectivity index (χ4v) is 7.73. The van der Waals surface area contributed by atoms with E-state index < -0.39 is 34.1 Å². The Morgan fingerprint density at radius 3 is 2.50 bits per heavy atom. The van der Waals surface area contributed by atoms with E-state index in [1.807, 2.05) is 13.8 Å². The topological polar surface area (TPSA) is 147 Å². The minimum absolute atomic E-state index is 0.0877. The number of carbonyl (C=O) groups excluding carboxylic acids is 2. The van der Waals surface area contributed by atoms with Crippen LogP contribution in [0.3, 0.4) is 0 Å². The van der Waals surface area contributed by atoms with Crippen molar-refractivity contribution in [3.8, 4) is 11.5 Å². The number of amides is 3. The van der Waals surface area contributed by atoms with Crippen molar-refractivity contribution in [3.63, 3.8) is 0 Å². The van der Waals surface area contributed by atoms with E-state index >= 15 is 0 Å². The zero-order valence-electron chi connectivity index (χ0n) is 28.0. The van der Waals surface area contributed by atoms with E-state index in [0.717, 1.165) is 24.2 Å². The minimum Gasteiger partial charge on any atom is -0.497 e. The first-order valence-electron chi connectivity index (χ1n) is 16.0. The number of urea groups is 1. The van der Waals surface area contributed by atoms with Gasteiger partial charge in [0, 0.05) is 44.0 Å². The summed E-state index contributed by atoms with van der Waals surface area (Å²) >= 11 is 1.15. The van der Waals surface area contributed by atoms with Crippen LogP contribution in [0.4, 0.5) is 16.2 Å². The summed E-state index contributed by atoms with van der Waals surface area (Å²) in [6.07, 6.45) is 1.49. The zero-order chi connectivity index (χ0) is 34.8. The number of carbonyl (C=O) groups is 2. The first-order valence-corrected chi connectivity index (χ1v) is 18.3. The number of hydrogen-bond donors (Lipinski definition) is 3. The molecule has 262 valence electrons. The molecule has 3 aromatic rings. The third-order valence-electron chi connectivity index (χ3n) is 8.25. The van der Waals surface area contributed by atoms with E-state index in [-0.39, 0.29) is 41.5 Å². The molecular weight excluding hydrogens is 657 g/mol. The van der Waals surface area contributed by atoms with E-state index in [1.54, 1.807) is 78.9 Å².